The van der Waals surface area contributed by atoms with Crippen LogP contribution < -0.4 is 5.32 Å². The maximum absolute atomic E-state index is 11.5. The molecule has 0 unspecified atom stereocenters. The Morgan fingerprint density at radius 1 is 1.44 bits per heavy atom. The molecular weight excluding hydrogens is 250 g/mol. The number of nitrogens with one attached hydrogen (secondary N) is 1. The van der Waals surface area contributed by atoms with Crippen molar-refractivity contribution in [2.45, 2.75) is 25.3 Å². The molecule has 1 rings (SSSR count). The van der Waals surface area contributed by atoms with Crippen molar-refractivity contribution in [3.8, 4) is 0 Å². The summed E-state index contributed by atoms with van der Waals surface area (Å²) in [4.78, 5) is 20.0. The molecule has 1 N–H and O–H groups in total. The number of methoxy groups -OCH3 is 1. The van der Waals surface area contributed by atoms with Crippen LogP contribution in [0.25, 0.3) is 0 Å². The highest BCUT2D eigenvalue weighted by Crippen LogP contribution is 2.15. The third kappa shape index (κ3) is 5.97. The van der Waals surface area contributed by atoms with Crippen LogP contribution in [0.5, 0.6) is 0 Å². The highest BCUT2D eigenvalue weighted by molar-refractivity contribution is 7.99. The lowest BCUT2D eigenvalue weighted by Crippen LogP contribution is -2.26. The number of aryl methyl sites for hydroxylation is 2. The molecule has 0 atom stereocenters. The summed E-state index contributed by atoms with van der Waals surface area (Å²) in [6.07, 6.45) is 0.832. The van der Waals surface area contributed by atoms with Crippen molar-refractivity contribution in [3.63, 3.8) is 0 Å². The van der Waals surface area contributed by atoms with Gasteiger partial charge in [-0.3, -0.25) is 4.79 Å². The van der Waals surface area contributed by atoms with Gasteiger partial charge in [-0.05, 0) is 26.3 Å². The minimum atomic E-state index is 0.0185. The van der Waals surface area contributed by atoms with Crippen LogP contribution >= 0.6 is 11.8 Å². The van der Waals surface area contributed by atoms with Crippen molar-refractivity contribution in [2.75, 3.05) is 26.0 Å². The predicted molar refractivity (Wildman–Crippen MR) is 71.7 cm³/mol. The van der Waals surface area contributed by atoms with E-state index in [1.54, 1.807) is 7.11 Å². The fourth-order valence-corrected chi connectivity index (χ4v) is 2.22. The van der Waals surface area contributed by atoms with Gasteiger partial charge in [0.1, 0.15) is 10.9 Å². The second kappa shape index (κ2) is 8.05. The number of carbonyl (C=O) groups is 1. The van der Waals surface area contributed by atoms with Crippen LogP contribution in [-0.2, 0) is 9.53 Å². The number of amides is 1. The quantitative estimate of drug-likeness (QED) is 0.460. The van der Waals surface area contributed by atoms with Crippen LogP contribution in [0.1, 0.15) is 17.9 Å². The van der Waals surface area contributed by atoms with E-state index in [9.17, 15) is 4.79 Å². The molecule has 0 fully saturated rings. The zero-order valence-corrected chi connectivity index (χ0v) is 11.8. The van der Waals surface area contributed by atoms with Crippen LogP contribution in [0.4, 0.5) is 0 Å². The molecule has 1 aromatic heterocycles. The van der Waals surface area contributed by atoms with E-state index >= 15 is 0 Å². The van der Waals surface area contributed by atoms with Crippen molar-refractivity contribution in [1.82, 2.24) is 15.3 Å². The lowest BCUT2D eigenvalue weighted by molar-refractivity contribution is -0.118. The maximum atomic E-state index is 11.5. The number of thioether (sulfide) groups is 1. The molecule has 1 heterocycles. The van der Waals surface area contributed by atoms with E-state index in [1.807, 2.05) is 19.9 Å². The Labute approximate surface area is 112 Å². The zero-order valence-electron chi connectivity index (χ0n) is 11.0. The molecule has 5 nitrogen and oxygen atoms in total. The van der Waals surface area contributed by atoms with E-state index in [4.69, 9.17) is 4.74 Å². The number of ether oxygens (including phenoxy) is 1. The second-order valence-electron chi connectivity index (χ2n) is 3.88. The first-order valence-corrected chi connectivity index (χ1v) is 6.81. The first kappa shape index (κ1) is 14.9. The number of hydrogen-bond acceptors (Lipinski definition) is 5. The van der Waals surface area contributed by atoms with E-state index in [-0.39, 0.29) is 5.91 Å². The van der Waals surface area contributed by atoms with Gasteiger partial charge < -0.3 is 10.1 Å². The van der Waals surface area contributed by atoms with E-state index < -0.39 is 0 Å². The standard InChI is InChI=1S/C12H19N3O2S/c1-9-7-12(15-10(2)14-9)18-8-11(16)13-5-4-6-17-3/h7H,4-6,8H2,1-3H3,(H,13,16). The molecule has 0 spiro atoms. The minimum Gasteiger partial charge on any atom is -0.385 e. The molecule has 0 saturated carbocycles. The van der Waals surface area contributed by atoms with E-state index in [1.165, 1.54) is 11.8 Å². The SMILES string of the molecule is COCCCNC(=O)CSc1cc(C)nc(C)n1. The van der Waals surface area contributed by atoms with Crippen LogP contribution in [0.15, 0.2) is 11.1 Å². The Balaban J connectivity index is 2.29. The van der Waals surface area contributed by atoms with Gasteiger partial charge in [0.2, 0.25) is 5.91 Å². The van der Waals surface area contributed by atoms with Gasteiger partial charge in [-0.25, -0.2) is 9.97 Å². The number of rotatable bonds is 7. The van der Waals surface area contributed by atoms with Gasteiger partial charge in [-0.1, -0.05) is 11.8 Å². The second-order valence-corrected chi connectivity index (χ2v) is 4.88. The molecule has 0 saturated heterocycles. The average molecular weight is 269 g/mol. The molecule has 6 heteroatoms. The fourth-order valence-electron chi connectivity index (χ4n) is 1.39. The molecular formula is C12H19N3O2S. The van der Waals surface area contributed by atoms with Gasteiger partial charge in [-0.15, -0.1) is 0 Å². The highest BCUT2D eigenvalue weighted by Gasteiger charge is 2.04. The number of carbonyl (C=O) groups excluding carboxylic acids is 1. The average Bonchev–Trinajstić information content (AvgIpc) is 2.31. The molecule has 18 heavy (non-hydrogen) atoms. The summed E-state index contributed by atoms with van der Waals surface area (Å²) in [5, 5.41) is 3.67. The summed E-state index contributed by atoms with van der Waals surface area (Å²) < 4.78 is 4.91. The smallest absolute Gasteiger partial charge is 0.230 e. The van der Waals surface area contributed by atoms with Crippen LogP contribution in [-0.4, -0.2) is 41.9 Å². The molecule has 0 aliphatic heterocycles. The van der Waals surface area contributed by atoms with Gasteiger partial charge in [0.05, 0.1) is 5.75 Å². The summed E-state index contributed by atoms with van der Waals surface area (Å²) in [5.74, 6) is 1.13. The Kier molecular flexibility index (Phi) is 6.67. The van der Waals surface area contributed by atoms with Crippen LogP contribution in [0.3, 0.4) is 0 Å². The van der Waals surface area contributed by atoms with Crippen molar-refractivity contribution in [1.29, 1.82) is 0 Å². The zero-order chi connectivity index (χ0) is 13.4. The lowest BCUT2D eigenvalue weighted by Gasteiger charge is -2.05. The molecule has 1 amide bonds. The molecule has 0 aliphatic carbocycles. The fraction of sp³-hybridized carbons (Fsp3) is 0.583. The molecule has 0 bridgehead atoms. The Hall–Kier alpha value is -1.14. The summed E-state index contributed by atoms with van der Waals surface area (Å²) in [5.41, 5.74) is 0.922. The highest BCUT2D eigenvalue weighted by atomic mass is 32.2. The molecule has 0 aromatic carbocycles. The third-order valence-corrected chi connectivity index (χ3v) is 3.05. The predicted octanol–water partition coefficient (Wildman–Crippen LogP) is 1.34. The first-order valence-electron chi connectivity index (χ1n) is 5.82. The Morgan fingerprint density at radius 2 is 2.22 bits per heavy atom. The Bertz CT molecular complexity index is 379. The topological polar surface area (TPSA) is 64.1 Å². The van der Waals surface area contributed by atoms with Crippen molar-refractivity contribution in [2.24, 2.45) is 0 Å². The summed E-state index contributed by atoms with van der Waals surface area (Å²) in [7, 11) is 1.65. The van der Waals surface area contributed by atoms with Crippen LogP contribution in [0, 0.1) is 13.8 Å². The van der Waals surface area contributed by atoms with Crippen molar-refractivity contribution in [3.05, 3.63) is 17.6 Å². The van der Waals surface area contributed by atoms with E-state index in [0.717, 1.165) is 23.0 Å². The molecule has 0 aliphatic rings. The molecule has 1 aromatic rings. The summed E-state index contributed by atoms with van der Waals surface area (Å²) in [6.45, 7) is 5.08. The number of hydrogen-bond donors (Lipinski definition) is 1. The largest absolute Gasteiger partial charge is 0.385 e. The van der Waals surface area contributed by atoms with Crippen molar-refractivity contribution >= 4 is 17.7 Å². The summed E-state index contributed by atoms with van der Waals surface area (Å²) in [6, 6.07) is 1.88. The normalized spacial score (nSPS) is 10.4. The van der Waals surface area contributed by atoms with Gasteiger partial charge in [-0.2, -0.15) is 0 Å². The monoisotopic (exact) mass is 269 g/mol. The van der Waals surface area contributed by atoms with E-state index in [0.29, 0.717) is 18.9 Å². The van der Waals surface area contributed by atoms with Gasteiger partial charge in [0, 0.05) is 26.0 Å². The maximum Gasteiger partial charge on any atom is 0.230 e. The Morgan fingerprint density at radius 3 is 2.89 bits per heavy atom. The summed E-state index contributed by atoms with van der Waals surface area (Å²) >= 11 is 1.43. The molecule has 100 valence electrons. The van der Waals surface area contributed by atoms with Gasteiger partial charge in [0.15, 0.2) is 0 Å². The number of nitrogens with zero attached hydrogens (tertiary/aromatic N) is 2. The third-order valence-electron chi connectivity index (χ3n) is 2.14. The van der Waals surface area contributed by atoms with Gasteiger partial charge >= 0.3 is 0 Å². The number of aromatic nitrogens is 2. The minimum absolute atomic E-state index is 0.0185. The van der Waals surface area contributed by atoms with Gasteiger partial charge in [0.25, 0.3) is 0 Å². The first-order chi connectivity index (χ1) is 8.61. The lowest BCUT2D eigenvalue weighted by atomic mass is 10.4. The van der Waals surface area contributed by atoms with E-state index in [2.05, 4.69) is 15.3 Å². The van der Waals surface area contributed by atoms with Crippen LogP contribution in [0.2, 0.25) is 0 Å². The van der Waals surface area contributed by atoms with Crippen molar-refractivity contribution < 1.29 is 9.53 Å². The molecule has 0 radical (unpaired) electrons.